The van der Waals surface area contributed by atoms with Crippen molar-refractivity contribution < 1.29 is 4.42 Å². The summed E-state index contributed by atoms with van der Waals surface area (Å²) in [6, 6.07) is 10.9. The van der Waals surface area contributed by atoms with Gasteiger partial charge in [0.15, 0.2) is 0 Å². The normalized spacial score (nSPS) is 12.8. The molecule has 0 fully saturated rings. The summed E-state index contributed by atoms with van der Waals surface area (Å²) in [5.74, 6) is 0. The fourth-order valence-electron chi connectivity index (χ4n) is 2.13. The van der Waals surface area contributed by atoms with Crippen LogP contribution in [0.25, 0.3) is 0 Å². The van der Waals surface area contributed by atoms with Crippen molar-refractivity contribution in [2.75, 3.05) is 14.1 Å². The highest BCUT2D eigenvalue weighted by Crippen LogP contribution is 2.15. The fourth-order valence-corrected chi connectivity index (χ4v) is 2.13. The second kappa shape index (κ2) is 6.55. The van der Waals surface area contributed by atoms with Crippen LogP contribution in [0.15, 0.2) is 47.3 Å². The number of nitrogens with zero attached hydrogens (tertiary/aromatic N) is 1. The topological polar surface area (TPSA) is 28.4 Å². The molecule has 1 N–H and O–H groups in total. The third-order valence-electron chi connectivity index (χ3n) is 3.25. The maximum absolute atomic E-state index is 5.12. The van der Waals surface area contributed by atoms with E-state index in [1.54, 1.807) is 12.5 Å². The third kappa shape index (κ3) is 3.94. The maximum atomic E-state index is 5.12. The molecule has 1 heterocycles. The van der Waals surface area contributed by atoms with E-state index in [-0.39, 0.29) is 0 Å². The Balaban J connectivity index is 1.99. The molecule has 0 aliphatic heterocycles. The summed E-state index contributed by atoms with van der Waals surface area (Å²) in [4.78, 5) is 2.19. The Hall–Kier alpha value is -1.58. The Kier molecular flexibility index (Phi) is 4.77. The van der Waals surface area contributed by atoms with Gasteiger partial charge >= 0.3 is 0 Å². The van der Waals surface area contributed by atoms with Gasteiger partial charge in [-0.05, 0) is 38.2 Å². The summed E-state index contributed by atoms with van der Waals surface area (Å²) in [5, 5.41) is 3.54. The summed E-state index contributed by atoms with van der Waals surface area (Å²) in [6.07, 6.45) is 3.51. The molecule has 3 heteroatoms. The Morgan fingerprint density at radius 2 is 1.89 bits per heavy atom. The lowest BCUT2D eigenvalue weighted by atomic mass is 10.1. The highest BCUT2D eigenvalue weighted by atomic mass is 16.3. The Bertz CT molecular complexity index is 491. The lowest BCUT2D eigenvalue weighted by Crippen LogP contribution is -2.20. The van der Waals surface area contributed by atoms with Crippen molar-refractivity contribution in [1.82, 2.24) is 10.2 Å². The van der Waals surface area contributed by atoms with Crippen LogP contribution in [0.2, 0.25) is 0 Å². The number of furan rings is 1. The average Bonchev–Trinajstić information content (AvgIpc) is 2.90. The molecule has 0 radical (unpaired) electrons. The van der Waals surface area contributed by atoms with Crippen LogP contribution in [-0.4, -0.2) is 19.0 Å². The molecule has 0 spiro atoms. The molecule has 2 rings (SSSR count). The molecule has 0 saturated heterocycles. The van der Waals surface area contributed by atoms with Crippen molar-refractivity contribution in [2.24, 2.45) is 0 Å². The van der Waals surface area contributed by atoms with Crippen LogP contribution < -0.4 is 5.32 Å². The van der Waals surface area contributed by atoms with E-state index in [1.807, 2.05) is 6.07 Å². The first-order valence-electron chi connectivity index (χ1n) is 6.64. The van der Waals surface area contributed by atoms with E-state index in [1.165, 1.54) is 16.7 Å². The van der Waals surface area contributed by atoms with E-state index in [0.717, 1.165) is 13.1 Å². The molecule has 2 aromatic rings. The van der Waals surface area contributed by atoms with Gasteiger partial charge in [-0.25, -0.2) is 0 Å². The van der Waals surface area contributed by atoms with Crippen LogP contribution in [0, 0.1) is 0 Å². The van der Waals surface area contributed by atoms with Crippen LogP contribution in [0.3, 0.4) is 0 Å². The smallest absolute Gasteiger partial charge is 0.0950 e. The second-order valence-corrected chi connectivity index (χ2v) is 5.17. The molecule has 3 nitrogen and oxygen atoms in total. The molecule has 1 aromatic carbocycles. The third-order valence-corrected chi connectivity index (χ3v) is 3.25. The van der Waals surface area contributed by atoms with E-state index in [2.05, 4.69) is 55.5 Å². The second-order valence-electron chi connectivity index (χ2n) is 5.17. The van der Waals surface area contributed by atoms with E-state index in [4.69, 9.17) is 4.42 Å². The van der Waals surface area contributed by atoms with Crippen molar-refractivity contribution in [3.63, 3.8) is 0 Å². The van der Waals surface area contributed by atoms with Gasteiger partial charge in [0.1, 0.15) is 0 Å². The number of rotatable bonds is 6. The van der Waals surface area contributed by atoms with Crippen LogP contribution >= 0.6 is 0 Å². The zero-order chi connectivity index (χ0) is 13.7. The predicted octanol–water partition coefficient (Wildman–Crippen LogP) is 3.19. The zero-order valence-corrected chi connectivity index (χ0v) is 11.9. The molecule has 19 heavy (non-hydrogen) atoms. The van der Waals surface area contributed by atoms with Gasteiger partial charge in [-0.1, -0.05) is 24.3 Å². The molecule has 0 aliphatic carbocycles. The lowest BCUT2D eigenvalue weighted by molar-refractivity contribution is 0.399. The van der Waals surface area contributed by atoms with Gasteiger partial charge in [0.2, 0.25) is 0 Å². The molecular weight excluding hydrogens is 236 g/mol. The molecule has 1 unspecified atom stereocenters. The standard InChI is InChI=1S/C16H22N2O/c1-13(16-8-9-19-12-16)17-10-14-6-4-5-7-15(14)11-18(2)3/h4-9,12-13,17H,10-11H2,1-3H3. The summed E-state index contributed by atoms with van der Waals surface area (Å²) in [7, 11) is 4.19. The molecule has 0 bridgehead atoms. The first-order chi connectivity index (χ1) is 9.16. The number of hydrogen-bond acceptors (Lipinski definition) is 3. The SMILES string of the molecule is CC(NCc1ccccc1CN(C)C)c1ccoc1. The minimum atomic E-state index is 0.297. The van der Waals surface area contributed by atoms with Crippen LogP contribution in [0.1, 0.15) is 29.7 Å². The molecular formula is C16H22N2O. The first-order valence-corrected chi connectivity index (χ1v) is 6.64. The van der Waals surface area contributed by atoms with E-state index < -0.39 is 0 Å². The molecule has 0 aliphatic rings. The molecule has 1 aromatic heterocycles. The zero-order valence-electron chi connectivity index (χ0n) is 11.9. The monoisotopic (exact) mass is 258 g/mol. The number of hydrogen-bond donors (Lipinski definition) is 1. The van der Waals surface area contributed by atoms with E-state index in [0.29, 0.717) is 6.04 Å². The van der Waals surface area contributed by atoms with Crippen LogP contribution in [-0.2, 0) is 13.1 Å². The molecule has 0 amide bonds. The highest BCUT2D eigenvalue weighted by molar-refractivity contribution is 5.27. The largest absolute Gasteiger partial charge is 0.472 e. The van der Waals surface area contributed by atoms with E-state index in [9.17, 15) is 0 Å². The van der Waals surface area contributed by atoms with Gasteiger partial charge < -0.3 is 14.6 Å². The first kappa shape index (κ1) is 13.8. The van der Waals surface area contributed by atoms with Gasteiger partial charge in [0, 0.05) is 24.7 Å². The summed E-state index contributed by atoms with van der Waals surface area (Å²) >= 11 is 0. The van der Waals surface area contributed by atoms with Crippen molar-refractivity contribution in [3.05, 3.63) is 59.5 Å². The van der Waals surface area contributed by atoms with Crippen molar-refractivity contribution >= 4 is 0 Å². The summed E-state index contributed by atoms with van der Waals surface area (Å²) in [6.45, 7) is 3.99. The minimum Gasteiger partial charge on any atom is -0.472 e. The van der Waals surface area contributed by atoms with Crippen molar-refractivity contribution in [2.45, 2.75) is 26.1 Å². The van der Waals surface area contributed by atoms with Gasteiger partial charge in [-0.3, -0.25) is 0 Å². The Morgan fingerprint density at radius 3 is 2.53 bits per heavy atom. The quantitative estimate of drug-likeness (QED) is 0.862. The van der Waals surface area contributed by atoms with Crippen LogP contribution in [0.5, 0.6) is 0 Å². The molecule has 0 saturated carbocycles. The average molecular weight is 258 g/mol. The van der Waals surface area contributed by atoms with E-state index >= 15 is 0 Å². The highest BCUT2D eigenvalue weighted by Gasteiger charge is 2.08. The number of nitrogens with one attached hydrogen (secondary N) is 1. The van der Waals surface area contributed by atoms with Crippen molar-refractivity contribution in [1.29, 1.82) is 0 Å². The maximum Gasteiger partial charge on any atom is 0.0950 e. The summed E-state index contributed by atoms with van der Waals surface area (Å²) in [5.41, 5.74) is 3.91. The summed E-state index contributed by atoms with van der Waals surface area (Å²) < 4.78 is 5.12. The Morgan fingerprint density at radius 1 is 1.16 bits per heavy atom. The van der Waals surface area contributed by atoms with Gasteiger partial charge in [0.05, 0.1) is 12.5 Å². The van der Waals surface area contributed by atoms with Gasteiger partial charge in [0.25, 0.3) is 0 Å². The van der Waals surface area contributed by atoms with Gasteiger partial charge in [-0.2, -0.15) is 0 Å². The Labute approximate surface area is 115 Å². The minimum absolute atomic E-state index is 0.297. The number of benzene rings is 1. The van der Waals surface area contributed by atoms with Gasteiger partial charge in [-0.15, -0.1) is 0 Å². The molecule has 1 atom stereocenters. The lowest BCUT2D eigenvalue weighted by Gasteiger charge is -2.17. The van der Waals surface area contributed by atoms with Crippen LogP contribution in [0.4, 0.5) is 0 Å². The fraction of sp³-hybridized carbons (Fsp3) is 0.375. The molecule has 102 valence electrons. The predicted molar refractivity (Wildman–Crippen MR) is 77.8 cm³/mol. The van der Waals surface area contributed by atoms with Crippen molar-refractivity contribution in [3.8, 4) is 0 Å².